The van der Waals surface area contributed by atoms with Crippen LogP contribution in [0.25, 0.3) is 0 Å². The lowest BCUT2D eigenvalue weighted by atomic mass is 10.1. The van der Waals surface area contributed by atoms with Crippen LogP contribution in [0.5, 0.6) is 5.75 Å². The number of anilines is 1. The molecule has 0 fully saturated rings. The van der Waals surface area contributed by atoms with Gasteiger partial charge in [0.2, 0.25) is 5.82 Å². The van der Waals surface area contributed by atoms with E-state index < -0.39 is 33.7 Å². The Kier molecular flexibility index (Phi) is 3.79. The average molecular weight is 294 g/mol. The summed E-state index contributed by atoms with van der Waals surface area (Å²) in [7, 11) is 0. The second-order valence-electron chi connectivity index (χ2n) is 4.02. The number of amides is 1. The van der Waals surface area contributed by atoms with Crippen LogP contribution in [0.2, 0.25) is 0 Å². The Morgan fingerprint density at radius 3 is 2.57 bits per heavy atom. The monoisotopic (exact) mass is 294 g/mol. The second kappa shape index (κ2) is 5.53. The fourth-order valence-electron chi connectivity index (χ4n) is 1.67. The smallest absolute Gasteiger partial charge is 0.305 e. The Balaban J connectivity index is 2.39. The van der Waals surface area contributed by atoms with Gasteiger partial charge in [0, 0.05) is 17.8 Å². The third kappa shape index (κ3) is 2.94. The maximum Gasteiger partial charge on any atom is 0.305 e. The number of aromatic hydroxyl groups is 1. The first-order valence-corrected chi connectivity index (χ1v) is 5.63. The number of phenols is 1. The molecule has 0 bridgehead atoms. The number of hydrogen-bond donors (Lipinski definition) is 2. The third-order valence-electron chi connectivity index (χ3n) is 2.60. The molecule has 6 nitrogen and oxygen atoms in total. The van der Waals surface area contributed by atoms with Gasteiger partial charge in [-0.05, 0) is 18.2 Å². The first-order valence-electron chi connectivity index (χ1n) is 5.63. The van der Waals surface area contributed by atoms with Crippen LogP contribution in [-0.4, -0.2) is 15.9 Å². The van der Waals surface area contributed by atoms with E-state index in [0.717, 1.165) is 6.07 Å². The topological polar surface area (TPSA) is 92.5 Å². The number of nitrogens with one attached hydrogen (secondary N) is 1. The Morgan fingerprint density at radius 2 is 1.95 bits per heavy atom. The van der Waals surface area contributed by atoms with Gasteiger partial charge in [-0.25, -0.2) is 4.39 Å². The van der Waals surface area contributed by atoms with E-state index >= 15 is 0 Å². The number of carbonyl (C=O) groups excluding carboxylic acids is 1. The zero-order chi connectivity index (χ0) is 15.6. The highest BCUT2D eigenvalue weighted by atomic mass is 19.1. The summed E-state index contributed by atoms with van der Waals surface area (Å²) in [5.74, 6) is -4.14. The zero-order valence-electron chi connectivity index (χ0n) is 10.3. The van der Waals surface area contributed by atoms with Gasteiger partial charge in [0.05, 0.1) is 4.92 Å². The van der Waals surface area contributed by atoms with Crippen LogP contribution >= 0.6 is 0 Å². The SMILES string of the molecule is O=C(Nc1cccc(O)c1)c1c(F)ccc([N+](=O)[O-])c1F. The summed E-state index contributed by atoms with van der Waals surface area (Å²) < 4.78 is 27.4. The number of phenolic OH excluding ortho intramolecular Hbond substituents is 1. The lowest BCUT2D eigenvalue weighted by Gasteiger charge is -2.07. The molecule has 0 saturated heterocycles. The molecule has 108 valence electrons. The maximum absolute atomic E-state index is 13.8. The molecule has 0 radical (unpaired) electrons. The maximum atomic E-state index is 13.8. The first-order chi connectivity index (χ1) is 9.90. The van der Waals surface area contributed by atoms with Gasteiger partial charge in [-0.1, -0.05) is 6.07 Å². The van der Waals surface area contributed by atoms with E-state index in [1.807, 2.05) is 0 Å². The zero-order valence-corrected chi connectivity index (χ0v) is 10.3. The fraction of sp³-hybridized carbons (Fsp3) is 0. The minimum absolute atomic E-state index is 0.0882. The van der Waals surface area contributed by atoms with E-state index in [4.69, 9.17) is 0 Å². The average Bonchev–Trinajstić information content (AvgIpc) is 2.38. The van der Waals surface area contributed by atoms with E-state index in [2.05, 4.69) is 5.32 Å². The van der Waals surface area contributed by atoms with Crippen LogP contribution in [0.15, 0.2) is 36.4 Å². The quantitative estimate of drug-likeness (QED) is 0.672. The molecule has 8 heteroatoms. The number of nitrogens with zero attached hydrogens (tertiary/aromatic N) is 1. The fourth-order valence-corrected chi connectivity index (χ4v) is 1.67. The number of halogens is 2. The molecule has 0 unspecified atom stereocenters. The lowest BCUT2D eigenvalue weighted by Crippen LogP contribution is -2.16. The second-order valence-corrected chi connectivity index (χ2v) is 4.02. The Bertz CT molecular complexity index is 734. The van der Waals surface area contributed by atoms with Gasteiger partial charge in [0.1, 0.15) is 17.1 Å². The van der Waals surface area contributed by atoms with Crippen LogP contribution in [0.3, 0.4) is 0 Å². The molecular formula is C13H8F2N2O4. The summed E-state index contributed by atoms with van der Waals surface area (Å²) in [5.41, 5.74) is -1.98. The summed E-state index contributed by atoms with van der Waals surface area (Å²) in [6, 6.07) is 6.56. The van der Waals surface area contributed by atoms with E-state index in [1.54, 1.807) is 0 Å². The van der Waals surface area contributed by atoms with Crippen LogP contribution in [-0.2, 0) is 0 Å². The van der Waals surface area contributed by atoms with Crippen molar-refractivity contribution in [2.45, 2.75) is 0 Å². The van der Waals surface area contributed by atoms with Gasteiger partial charge in [0.25, 0.3) is 5.91 Å². The van der Waals surface area contributed by atoms with Crippen molar-refractivity contribution in [1.29, 1.82) is 0 Å². The van der Waals surface area contributed by atoms with Crippen molar-refractivity contribution in [2.24, 2.45) is 0 Å². The molecule has 1 amide bonds. The number of rotatable bonds is 3. The molecule has 0 spiro atoms. The van der Waals surface area contributed by atoms with Crippen molar-refractivity contribution in [2.75, 3.05) is 5.32 Å². The minimum atomic E-state index is -1.56. The number of nitro benzene ring substituents is 1. The number of carbonyl (C=O) groups is 1. The van der Waals surface area contributed by atoms with Gasteiger partial charge < -0.3 is 10.4 Å². The van der Waals surface area contributed by atoms with E-state index in [1.165, 1.54) is 18.2 Å². The van der Waals surface area contributed by atoms with E-state index in [9.17, 15) is 28.8 Å². The predicted molar refractivity (Wildman–Crippen MR) is 69.1 cm³/mol. The molecule has 2 aromatic rings. The Labute approximate surface area is 116 Å². The number of nitro groups is 1. The molecule has 2 rings (SSSR count). The molecule has 2 N–H and O–H groups in total. The van der Waals surface area contributed by atoms with Crippen molar-refractivity contribution in [3.05, 3.63) is 63.7 Å². The van der Waals surface area contributed by atoms with E-state index in [0.29, 0.717) is 12.1 Å². The summed E-state index contributed by atoms with van der Waals surface area (Å²) >= 11 is 0. The van der Waals surface area contributed by atoms with Crippen LogP contribution < -0.4 is 5.32 Å². The predicted octanol–water partition coefficient (Wildman–Crippen LogP) is 2.83. The van der Waals surface area contributed by atoms with Crippen molar-refractivity contribution in [3.63, 3.8) is 0 Å². The van der Waals surface area contributed by atoms with Crippen molar-refractivity contribution >= 4 is 17.3 Å². The first kappa shape index (κ1) is 14.4. The summed E-state index contributed by atoms with van der Waals surface area (Å²) in [6.07, 6.45) is 0. The van der Waals surface area contributed by atoms with Gasteiger partial charge in [-0.2, -0.15) is 4.39 Å². The number of benzene rings is 2. The van der Waals surface area contributed by atoms with Crippen molar-refractivity contribution in [1.82, 2.24) is 0 Å². The molecule has 0 aliphatic heterocycles. The highest BCUT2D eigenvalue weighted by Crippen LogP contribution is 2.24. The Morgan fingerprint density at radius 1 is 1.24 bits per heavy atom. The van der Waals surface area contributed by atoms with Crippen molar-refractivity contribution in [3.8, 4) is 5.75 Å². The van der Waals surface area contributed by atoms with Crippen LogP contribution in [0, 0.1) is 21.7 Å². The lowest BCUT2D eigenvalue weighted by molar-refractivity contribution is -0.387. The summed E-state index contributed by atoms with van der Waals surface area (Å²) in [6.45, 7) is 0. The van der Waals surface area contributed by atoms with Crippen molar-refractivity contribution < 1.29 is 23.6 Å². The summed E-state index contributed by atoms with van der Waals surface area (Å²) in [5, 5.41) is 22.0. The molecule has 0 heterocycles. The normalized spacial score (nSPS) is 10.2. The van der Waals surface area contributed by atoms with Gasteiger partial charge >= 0.3 is 5.69 Å². The molecule has 0 aliphatic carbocycles. The molecule has 0 atom stereocenters. The summed E-state index contributed by atoms with van der Waals surface area (Å²) in [4.78, 5) is 21.4. The van der Waals surface area contributed by atoms with Crippen LogP contribution in [0.4, 0.5) is 20.2 Å². The van der Waals surface area contributed by atoms with Gasteiger partial charge in [0.15, 0.2) is 0 Å². The third-order valence-corrected chi connectivity index (χ3v) is 2.60. The van der Waals surface area contributed by atoms with Gasteiger partial charge in [-0.3, -0.25) is 14.9 Å². The number of hydrogen-bond acceptors (Lipinski definition) is 4. The standard InChI is InChI=1S/C13H8F2N2O4/c14-9-4-5-10(17(20)21)12(15)11(9)13(19)16-7-2-1-3-8(18)6-7/h1-6,18H,(H,16,19). The van der Waals surface area contributed by atoms with Crippen LogP contribution in [0.1, 0.15) is 10.4 Å². The molecular weight excluding hydrogens is 286 g/mol. The molecule has 21 heavy (non-hydrogen) atoms. The molecule has 2 aromatic carbocycles. The highest BCUT2D eigenvalue weighted by molar-refractivity contribution is 6.05. The Hall–Kier alpha value is -3.03. The largest absolute Gasteiger partial charge is 0.508 e. The molecule has 0 aromatic heterocycles. The van der Waals surface area contributed by atoms with Gasteiger partial charge in [-0.15, -0.1) is 0 Å². The minimum Gasteiger partial charge on any atom is -0.508 e. The molecule has 0 aliphatic rings. The molecule has 0 saturated carbocycles. The van der Waals surface area contributed by atoms with E-state index in [-0.39, 0.29) is 11.4 Å². The highest BCUT2D eigenvalue weighted by Gasteiger charge is 2.26.